The van der Waals surface area contributed by atoms with E-state index in [1.807, 2.05) is 25.1 Å². The number of aryl methyl sites for hydroxylation is 1. The standard InChI is InChI=1S/C19H16BrNO4/c1-11-3-7-16(15(20)9-11)21-19(23)12(2)24-14-6-4-13-5-8-18(22)25-17(13)10-14/h3-10,12H,1-2H3,(H,21,23)/t12-/m1/s1. The fourth-order valence-corrected chi connectivity index (χ4v) is 2.92. The maximum Gasteiger partial charge on any atom is 0.336 e. The highest BCUT2D eigenvalue weighted by molar-refractivity contribution is 9.10. The molecule has 0 saturated carbocycles. The van der Waals surface area contributed by atoms with Crippen LogP contribution in [0, 0.1) is 6.92 Å². The van der Waals surface area contributed by atoms with E-state index in [-0.39, 0.29) is 5.91 Å². The van der Waals surface area contributed by atoms with Crippen LogP contribution in [0.2, 0.25) is 0 Å². The molecule has 2 aromatic carbocycles. The maximum atomic E-state index is 12.3. The molecule has 0 unspecified atom stereocenters. The average Bonchev–Trinajstić information content (AvgIpc) is 2.57. The Morgan fingerprint density at radius 1 is 1.16 bits per heavy atom. The number of halogens is 1. The third-order valence-corrected chi connectivity index (χ3v) is 4.32. The summed E-state index contributed by atoms with van der Waals surface area (Å²) in [5, 5.41) is 3.60. The van der Waals surface area contributed by atoms with Gasteiger partial charge in [-0.3, -0.25) is 4.79 Å². The minimum absolute atomic E-state index is 0.279. The van der Waals surface area contributed by atoms with E-state index in [1.165, 1.54) is 6.07 Å². The first-order valence-electron chi connectivity index (χ1n) is 7.70. The number of amides is 1. The van der Waals surface area contributed by atoms with Crippen molar-refractivity contribution >= 4 is 38.5 Å². The van der Waals surface area contributed by atoms with Gasteiger partial charge in [-0.05, 0) is 65.7 Å². The fraction of sp³-hybridized carbons (Fsp3) is 0.158. The van der Waals surface area contributed by atoms with Gasteiger partial charge in [0.1, 0.15) is 11.3 Å². The first-order chi connectivity index (χ1) is 11.9. The molecular weight excluding hydrogens is 386 g/mol. The van der Waals surface area contributed by atoms with E-state index in [0.717, 1.165) is 15.4 Å². The number of carbonyl (C=O) groups excluding carboxylic acids is 1. The number of ether oxygens (including phenoxy) is 1. The molecule has 0 saturated heterocycles. The third kappa shape index (κ3) is 4.09. The van der Waals surface area contributed by atoms with Crippen LogP contribution in [0.25, 0.3) is 11.0 Å². The molecule has 0 aliphatic heterocycles. The summed E-state index contributed by atoms with van der Waals surface area (Å²) >= 11 is 3.43. The molecule has 1 atom stereocenters. The van der Waals surface area contributed by atoms with Crippen molar-refractivity contribution in [1.82, 2.24) is 0 Å². The van der Waals surface area contributed by atoms with E-state index in [2.05, 4.69) is 21.2 Å². The molecule has 3 rings (SSSR count). The van der Waals surface area contributed by atoms with Crippen molar-refractivity contribution < 1.29 is 13.9 Å². The highest BCUT2D eigenvalue weighted by Gasteiger charge is 2.16. The normalized spacial score (nSPS) is 12.0. The third-order valence-electron chi connectivity index (χ3n) is 3.66. The largest absolute Gasteiger partial charge is 0.481 e. The van der Waals surface area contributed by atoms with Gasteiger partial charge in [-0.2, -0.15) is 0 Å². The van der Waals surface area contributed by atoms with Crippen LogP contribution in [0.1, 0.15) is 12.5 Å². The summed E-state index contributed by atoms with van der Waals surface area (Å²) in [6.07, 6.45) is -0.721. The molecular formula is C19H16BrNO4. The zero-order valence-electron chi connectivity index (χ0n) is 13.7. The Morgan fingerprint density at radius 2 is 1.92 bits per heavy atom. The summed E-state index contributed by atoms with van der Waals surface area (Å²) in [6.45, 7) is 3.63. The van der Waals surface area contributed by atoms with Gasteiger partial charge >= 0.3 is 5.63 Å². The Hall–Kier alpha value is -2.60. The van der Waals surface area contributed by atoms with Crippen molar-refractivity contribution in [2.45, 2.75) is 20.0 Å². The zero-order valence-corrected chi connectivity index (χ0v) is 15.3. The molecule has 3 aromatic rings. The molecule has 0 spiro atoms. The van der Waals surface area contributed by atoms with Gasteiger partial charge in [0.15, 0.2) is 6.10 Å². The fourth-order valence-electron chi connectivity index (χ4n) is 2.33. The topological polar surface area (TPSA) is 68.5 Å². The number of hydrogen-bond acceptors (Lipinski definition) is 4. The Kier molecular flexibility index (Phi) is 4.90. The first-order valence-corrected chi connectivity index (χ1v) is 8.49. The summed E-state index contributed by atoms with van der Waals surface area (Å²) in [5.41, 5.74) is 1.75. The van der Waals surface area contributed by atoms with Gasteiger partial charge in [-0.1, -0.05) is 6.07 Å². The van der Waals surface area contributed by atoms with Crippen molar-refractivity contribution in [2.75, 3.05) is 5.32 Å². The lowest BCUT2D eigenvalue weighted by atomic mass is 10.2. The summed E-state index contributed by atoms with van der Waals surface area (Å²) < 4.78 is 11.6. The second-order valence-electron chi connectivity index (χ2n) is 5.69. The lowest BCUT2D eigenvalue weighted by molar-refractivity contribution is -0.122. The quantitative estimate of drug-likeness (QED) is 0.662. The Morgan fingerprint density at radius 3 is 2.68 bits per heavy atom. The van der Waals surface area contributed by atoms with Crippen molar-refractivity contribution in [2.24, 2.45) is 0 Å². The molecule has 0 bridgehead atoms. The molecule has 0 aliphatic rings. The van der Waals surface area contributed by atoms with E-state index >= 15 is 0 Å². The molecule has 1 amide bonds. The van der Waals surface area contributed by atoms with E-state index in [9.17, 15) is 9.59 Å². The number of fused-ring (bicyclic) bond motifs is 1. The smallest absolute Gasteiger partial charge is 0.336 e. The molecule has 0 aliphatic carbocycles. The van der Waals surface area contributed by atoms with Crippen LogP contribution in [0.4, 0.5) is 5.69 Å². The van der Waals surface area contributed by atoms with Gasteiger partial charge in [-0.15, -0.1) is 0 Å². The first kappa shape index (κ1) is 17.2. The van der Waals surface area contributed by atoms with Crippen LogP contribution in [0.5, 0.6) is 5.75 Å². The summed E-state index contributed by atoms with van der Waals surface area (Å²) in [5.74, 6) is 0.173. The van der Waals surface area contributed by atoms with Crippen LogP contribution < -0.4 is 15.7 Å². The minimum Gasteiger partial charge on any atom is -0.481 e. The molecule has 25 heavy (non-hydrogen) atoms. The zero-order chi connectivity index (χ0) is 18.0. The molecule has 0 radical (unpaired) electrons. The van der Waals surface area contributed by atoms with E-state index in [0.29, 0.717) is 17.0 Å². The predicted octanol–water partition coefficient (Wildman–Crippen LogP) is 4.27. The lowest BCUT2D eigenvalue weighted by Crippen LogP contribution is -2.30. The second kappa shape index (κ2) is 7.11. The Bertz CT molecular complexity index is 996. The van der Waals surface area contributed by atoms with Crippen LogP contribution in [-0.2, 0) is 4.79 Å². The molecule has 0 fully saturated rings. The Balaban J connectivity index is 1.73. The van der Waals surface area contributed by atoms with E-state index in [4.69, 9.17) is 9.15 Å². The van der Waals surface area contributed by atoms with Gasteiger partial charge in [0.05, 0.1) is 5.69 Å². The van der Waals surface area contributed by atoms with Crippen LogP contribution >= 0.6 is 15.9 Å². The monoisotopic (exact) mass is 401 g/mol. The van der Waals surface area contributed by atoms with E-state index in [1.54, 1.807) is 31.2 Å². The Labute approximate surface area is 152 Å². The highest BCUT2D eigenvalue weighted by atomic mass is 79.9. The summed E-state index contributed by atoms with van der Waals surface area (Å²) in [4.78, 5) is 23.6. The molecule has 1 aromatic heterocycles. The lowest BCUT2D eigenvalue weighted by Gasteiger charge is -2.15. The number of nitrogens with one attached hydrogen (secondary N) is 1. The minimum atomic E-state index is -0.721. The van der Waals surface area contributed by atoms with Gasteiger partial charge in [0, 0.05) is 22.0 Å². The van der Waals surface area contributed by atoms with Crippen molar-refractivity contribution in [3.63, 3.8) is 0 Å². The van der Waals surface area contributed by atoms with Crippen LogP contribution in [0.15, 0.2) is 62.2 Å². The molecule has 6 heteroatoms. The predicted molar refractivity (Wildman–Crippen MR) is 100 cm³/mol. The van der Waals surface area contributed by atoms with Crippen LogP contribution in [-0.4, -0.2) is 12.0 Å². The van der Waals surface area contributed by atoms with Crippen molar-refractivity contribution in [3.05, 3.63) is 69.0 Å². The van der Waals surface area contributed by atoms with Gasteiger partial charge in [0.25, 0.3) is 5.91 Å². The van der Waals surface area contributed by atoms with Crippen molar-refractivity contribution in [1.29, 1.82) is 0 Å². The van der Waals surface area contributed by atoms with E-state index < -0.39 is 11.7 Å². The molecule has 1 heterocycles. The maximum absolute atomic E-state index is 12.3. The second-order valence-corrected chi connectivity index (χ2v) is 6.54. The number of hydrogen-bond donors (Lipinski definition) is 1. The van der Waals surface area contributed by atoms with Gasteiger partial charge < -0.3 is 14.5 Å². The van der Waals surface area contributed by atoms with Gasteiger partial charge in [-0.25, -0.2) is 4.79 Å². The SMILES string of the molecule is Cc1ccc(NC(=O)[C@@H](C)Oc2ccc3ccc(=O)oc3c2)c(Br)c1. The summed E-state index contributed by atoms with van der Waals surface area (Å²) in [6, 6.07) is 13.8. The number of benzene rings is 2. The molecule has 5 nitrogen and oxygen atoms in total. The van der Waals surface area contributed by atoms with Gasteiger partial charge in [0.2, 0.25) is 0 Å². The molecule has 1 N–H and O–H groups in total. The highest BCUT2D eigenvalue weighted by Crippen LogP contribution is 2.24. The number of rotatable bonds is 4. The number of carbonyl (C=O) groups is 1. The van der Waals surface area contributed by atoms with Crippen LogP contribution in [0.3, 0.4) is 0 Å². The summed E-state index contributed by atoms with van der Waals surface area (Å²) in [7, 11) is 0. The number of anilines is 1. The van der Waals surface area contributed by atoms with Crippen molar-refractivity contribution in [3.8, 4) is 5.75 Å². The molecule has 128 valence electrons. The average molecular weight is 402 g/mol.